The van der Waals surface area contributed by atoms with Crippen molar-refractivity contribution in [2.45, 2.75) is 33.1 Å². The highest BCUT2D eigenvalue weighted by atomic mass is 14.7. The van der Waals surface area contributed by atoms with Gasteiger partial charge in [-0.25, -0.2) is 4.98 Å². The van der Waals surface area contributed by atoms with Crippen molar-refractivity contribution in [3.8, 4) is 22.4 Å². The Balaban J connectivity index is 0.000000872. The number of hydrogen-bond donors (Lipinski definition) is 0. The third kappa shape index (κ3) is 2.75. The van der Waals surface area contributed by atoms with E-state index in [0.717, 1.165) is 11.2 Å². The molecule has 0 saturated carbocycles. The second-order valence-electron chi connectivity index (χ2n) is 7.32. The van der Waals surface area contributed by atoms with Gasteiger partial charge in [-0.2, -0.15) is 0 Å². The van der Waals surface area contributed by atoms with Crippen LogP contribution in [0.25, 0.3) is 33.3 Å². The molecule has 4 aromatic rings. The molecule has 0 fully saturated rings. The molecule has 134 valence electrons. The summed E-state index contributed by atoms with van der Waals surface area (Å²) in [6.45, 7) is 8.63. The van der Waals surface area contributed by atoms with Gasteiger partial charge >= 0.3 is 0 Å². The van der Waals surface area contributed by atoms with Gasteiger partial charge in [0.25, 0.3) is 0 Å². The van der Waals surface area contributed by atoms with Crippen LogP contribution in [-0.4, -0.2) is 4.98 Å². The van der Waals surface area contributed by atoms with Gasteiger partial charge in [-0.1, -0.05) is 88.4 Å². The molecule has 0 aliphatic heterocycles. The summed E-state index contributed by atoms with van der Waals surface area (Å²) in [6, 6.07) is 28.1. The van der Waals surface area contributed by atoms with E-state index in [0.29, 0.717) is 0 Å². The molecule has 0 unspecified atom stereocenters. The number of rotatable bonds is 1. The first-order valence-electron chi connectivity index (χ1n) is 9.75. The van der Waals surface area contributed by atoms with Crippen LogP contribution < -0.4 is 0 Å². The molecule has 0 spiro atoms. The van der Waals surface area contributed by atoms with Gasteiger partial charge < -0.3 is 0 Å². The number of fused-ring (bicyclic) bond motifs is 4. The van der Waals surface area contributed by atoms with Gasteiger partial charge in [-0.15, -0.1) is 0 Å². The molecule has 1 aromatic heterocycles. The van der Waals surface area contributed by atoms with E-state index in [-0.39, 0.29) is 5.41 Å². The van der Waals surface area contributed by atoms with E-state index in [9.17, 15) is 0 Å². The Hall–Kier alpha value is -2.93. The van der Waals surface area contributed by atoms with E-state index in [1.165, 1.54) is 33.2 Å². The molecular weight excluding hydrogens is 326 g/mol. The third-order valence-corrected chi connectivity index (χ3v) is 5.48. The first-order chi connectivity index (χ1) is 13.1. The predicted molar refractivity (Wildman–Crippen MR) is 116 cm³/mol. The zero-order valence-electron chi connectivity index (χ0n) is 16.5. The Morgan fingerprint density at radius 1 is 0.667 bits per heavy atom. The van der Waals surface area contributed by atoms with Crippen molar-refractivity contribution in [1.82, 2.24) is 4.98 Å². The van der Waals surface area contributed by atoms with Gasteiger partial charge in [-0.3, -0.25) is 0 Å². The van der Waals surface area contributed by atoms with E-state index in [4.69, 9.17) is 4.98 Å². The van der Waals surface area contributed by atoms with Crippen molar-refractivity contribution in [3.63, 3.8) is 0 Å². The van der Waals surface area contributed by atoms with Crippen LogP contribution in [-0.2, 0) is 5.41 Å². The van der Waals surface area contributed by atoms with E-state index >= 15 is 0 Å². The molecule has 1 heteroatoms. The lowest BCUT2D eigenvalue weighted by Crippen LogP contribution is -2.14. The zero-order chi connectivity index (χ0) is 19.0. The summed E-state index contributed by atoms with van der Waals surface area (Å²) < 4.78 is 0. The van der Waals surface area contributed by atoms with Crippen molar-refractivity contribution in [1.29, 1.82) is 0 Å². The summed E-state index contributed by atoms with van der Waals surface area (Å²) in [5.41, 5.74) is 8.81. The topological polar surface area (TPSA) is 12.9 Å². The van der Waals surface area contributed by atoms with Crippen LogP contribution >= 0.6 is 0 Å². The van der Waals surface area contributed by atoms with Crippen molar-refractivity contribution in [2.24, 2.45) is 0 Å². The number of hydrogen-bond acceptors (Lipinski definition) is 1. The van der Waals surface area contributed by atoms with Crippen molar-refractivity contribution >= 4 is 10.9 Å². The second-order valence-corrected chi connectivity index (χ2v) is 7.32. The molecule has 0 amide bonds. The summed E-state index contributed by atoms with van der Waals surface area (Å²) in [5.74, 6) is 0. The highest BCUT2D eigenvalue weighted by molar-refractivity contribution is 5.85. The summed E-state index contributed by atoms with van der Waals surface area (Å²) in [5, 5.41) is 1.18. The third-order valence-electron chi connectivity index (χ3n) is 5.48. The molecule has 27 heavy (non-hydrogen) atoms. The molecule has 0 saturated heterocycles. The van der Waals surface area contributed by atoms with Gasteiger partial charge in [0.1, 0.15) is 0 Å². The smallest absolute Gasteiger partial charge is 0.0709 e. The fourth-order valence-electron chi connectivity index (χ4n) is 4.09. The van der Waals surface area contributed by atoms with Crippen LogP contribution in [0.5, 0.6) is 0 Å². The Morgan fingerprint density at radius 3 is 2.22 bits per heavy atom. The Bertz CT molecular complexity index is 1120. The van der Waals surface area contributed by atoms with Crippen molar-refractivity contribution in [2.75, 3.05) is 0 Å². The lowest BCUT2D eigenvalue weighted by molar-refractivity contribution is 0.660. The van der Waals surface area contributed by atoms with E-state index in [1.807, 2.05) is 19.9 Å². The molecule has 1 heterocycles. The monoisotopic (exact) mass is 351 g/mol. The number of aromatic nitrogens is 1. The SMILES string of the molecule is CC.CC1(C)c2ccccc2-c2ccc(-c3ccc4ccccc4n3)cc21. The first kappa shape index (κ1) is 17.5. The molecule has 3 aromatic carbocycles. The standard InChI is InChI=1S/C24H19N.C2H6/c1-24(2)20-9-5-4-8-18(20)19-13-11-17(15-21(19)24)23-14-12-16-7-3-6-10-22(16)25-23;1-2/h3-15H,1-2H3;1-2H3. The van der Waals surface area contributed by atoms with Crippen LogP contribution in [0.3, 0.4) is 0 Å². The van der Waals surface area contributed by atoms with Crippen LogP contribution in [0.4, 0.5) is 0 Å². The molecule has 0 N–H and O–H groups in total. The van der Waals surface area contributed by atoms with Crippen molar-refractivity contribution in [3.05, 3.63) is 90.0 Å². The van der Waals surface area contributed by atoms with E-state index < -0.39 is 0 Å². The summed E-state index contributed by atoms with van der Waals surface area (Å²) in [6.07, 6.45) is 0. The molecule has 5 rings (SSSR count). The lowest BCUT2D eigenvalue weighted by Gasteiger charge is -2.21. The first-order valence-corrected chi connectivity index (χ1v) is 9.75. The predicted octanol–water partition coefficient (Wildman–Crippen LogP) is 7.23. The van der Waals surface area contributed by atoms with Crippen LogP contribution in [0.1, 0.15) is 38.8 Å². The summed E-state index contributed by atoms with van der Waals surface area (Å²) >= 11 is 0. The fourth-order valence-corrected chi connectivity index (χ4v) is 4.09. The molecule has 0 atom stereocenters. The minimum Gasteiger partial charge on any atom is -0.248 e. The van der Waals surface area contributed by atoms with E-state index in [2.05, 4.69) is 86.6 Å². The van der Waals surface area contributed by atoms with Crippen LogP contribution in [0.2, 0.25) is 0 Å². The Labute approximate surface area is 161 Å². The molecule has 0 bridgehead atoms. The number of para-hydroxylation sites is 1. The largest absolute Gasteiger partial charge is 0.248 e. The number of pyridine rings is 1. The van der Waals surface area contributed by atoms with Crippen LogP contribution in [0, 0.1) is 0 Å². The molecular formula is C26H25N. The Kier molecular flexibility index (Phi) is 4.31. The second kappa shape index (κ2) is 6.66. The highest BCUT2D eigenvalue weighted by Crippen LogP contribution is 2.49. The average molecular weight is 351 g/mol. The average Bonchev–Trinajstić information content (AvgIpc) is 2.96. The summed E-state index contributed by atoms with van der Waals surface area (Å²) in [4.78, 5) is 4.87. The van der Waals surface area contributed by atoms with Gasteiger partial charge in [0.15, 0.2) is 0 Å². The van der Waals surface area contributed by atoms with Gasteiger partial charge in [-0.05, 0) is 40.5 Å². The minimum atomic E-state index is 0.0266. The van der Waals surface area contributed by atoms with E-state index in [1.54, 1.807) is 0 Å². The maximum Gasteiger partial charge on any atom is 0.0709 e. The molecule has 1 aliphatic carbocycles. The van der Waals surface area contributed by atoms with Gasteiger partial charge in [0, 0.05) is 16.4 Å². The fraction of sp³-hybridized carbons (Fsp3) is 0.192. The summed E-state index contributed by atoms with van der Waals surface area (Å²) in [7, 11) is 0. The molecule has 0 radical (unpaired) electrons. The number of benzene rings is 3. The van der Waals surface area contributed by atoms with Gasteiger partial charge in [0.05, 0.1) is 11.2 Å². The molecule has 1 nitrogen and oxygen atoms in total. The van der Waals surface area contributed by atoms with Crippen LogP contribution in [0.15, 0.2) is 78.9 Å². The normalized spacial score (nSPS) is 13.5. The minimum absolute atomic E-state index is 0.0266. The van der Waals surface area contributed by atoms with Gasteiger partial charge in [0.2, 0.25) is 0 Å². The lowest BCUT2D eigenvalue weighted by atomic mass is 9.82. The quantitative estimate of drug-likeness (QED) is 0.352. The number of nitrogens with zero attached hydrogens (tertiary/aromatic N) is 1. The highest BCUT2D eigenvalue weighted by Gasteiger charge is 2.35. The Morgan fingerprint density at radius 2 is 1.37 bits per heavy atom. The van der Waals surface area contributed by atoms with Crippen molar-refractivity contribution < 1.29 is 0 Å². The molecule has 1 aliphatic rings. The maximum absolute atomic E-state index is 4.87. The maximum atomic E-state index is 4.87. The zero-order valence-corrected chi connectivity index (χ0v) is 16.5.